The second-order valence-electron chi connectivity index (χ2n) is 8.14. The number of H-pyrrole nitrogens is 1. The number of fused-ring (bicyclic) bond motifs is 2. The van der Waals surface area contributed by atoms with Gasteiger partial charge in [-0.2, -0.15) is 0 Å². The molecule has 5 rings (SSSR count). The quantitative estimate of drug-likeness (QED) is 0.581. The highest BCUT2D eigenvalue weighted by atomic mass is 32.2. The van der Waals surface area contributed by atoms with Crippen LogP contribution in [0, 0.1) is 0 Å². The van der Waals surface area contributed by atoms with E-state index in [9.17, 15) is 13.2 Å². The molecule has 2 aromatic carbocycles. The number of aromatic nitrogens is 1. The molecule has 0 saturated carbocycles. The van der Waals surface area contributed by atoms with E-state index in [1.54, 1.807) is 18.2 Å². The van der Waals surface area contributed by atoms with E-state index in [1.807, 2.05) is 30.3 Å². The molecular formula is C24H25N3O4S. The number of anilines is 1. The van der Waals surface area contributed by atoms with E-state index >= 15 is 0 Å². The SMILES string of the molecule is O=c1ccc2ccc(OCCCN3CCN(c4cccc5c4C=CS5(=O)=O)CC3)cc2[nH]1. The van der Waals surface area contributed by atoms with Gasteiger partial charge in [0.1, 0.15) is 5.75 Å². The molecule has 1 aromatic heterocycles. The molecule has 0 unspecified atom stereocenters. The van der Waals surface area contributed by atoms with Crippen molar-refractivity contribution in [1.82, 2.24) is 9.88 Å². The van der Waals surface area contributed by atoms with Crippen molar-refractivity contribution in [1.29, 1.82) is 0 Å². The fourth-order valence-electron chi connectivity index (χ4n) is 4.36. The summed E-state index contributed by atoms with van der Waals surface area (Å²) in [4.78, 5) is 19.4. The van der Waals surface area contributed by atoms with Gasteiger partial charge in [-0.05, 0) is 48.2 Å². The molecule has 2 aliphatic heterocycles. The Morgan fingerprint density at radius 1 is 1.00 bits per heavy atom. The summed E-state index contributed by atoms with van der Waals surface area (Å²) in [5.41, 5.74) is 2.47. The minimum atomic E-state index is -3.28. The lowest BCUT2D eigenvalue weighted by molar-refractivity contribution is 0.225. The molecule has 0 aliphatic carbocycles. The van der Waals surface area contributed by atoms with Gasteiger partial charge < -0.3 is 14.6 Å². The molecule has 166 valence electrons. The summed E-state index contributed by atoms with van der Waals surface area (Å²) in [5, 5.41) is 2.27. The normalized spacial score (nSPS) is 17.6. The number of benzene rings is 2. The molecule has 1 N–H and O–H groups in total. The van der Waals surface area contributed by atoms with Crippen LogP contribution >= 0.6 is 0 Å². The van der Waals surface area contributed by atoms with Crippen LogP contribution in [0.5, 0.6) is 5.75 Å². The molecule has 1 fully saturated rings. The Bertz CT molecular complexity index is 1340. The molecule has 0 atom stereocenters. The average molecular weight is 452 g/mol. The van der Waals surface area contributed by atoms with Crippen LogP contribution in [-0.4, -0.2) is 57.6 Å². The first-order valence-electron chi connectivity index (χ1n) is 10.8. The van der Waals surface area contributed by atoms with Gasteiger partial charge in [0.05, 0.1) is 17.0 Å². The molecule has 3 heterocycles. The molecule has 0 radical (unpaired) electrons. The maximum absolute atomic E-state index is 12.1. The van der Waals surface area contributed by atoms with Gasteiger partial charge in [0.2, 0.25) is 15.4 Å². The summed E-state index contributed by atoms with van der Waals surface area (Å²) < 4.78 is 30.1. The highest BCUT2D eigenvalue weighted by Gasteiger charge is 2.26. The number of ether oxygens (including phenoxy) is 1. The van der Waals surface area contributed by atoms with Gasteiger partial charge >= 0.3 is 0 Å². The average Bonchev–Trinajstić information content (AvgIpc) is 3.12. The zero-order valence-corrected chi connectivity index (χ0v) is 18.5. The van der Waals surface area contributed by atoms with Crippen molar-refractivity contribution in [2.45, 2.75) is 11.3 Å². The minimum absolute atomic E-state index is 0.119. The standard InChI is InChI=1S/C24H25N3O4S/c28-24-8-6-18-5-7-19(17-21(18)25-24)31-15-2-10-26-11-13-27(14-12-26)22-3-1-4-23-20(22)9-16-32(23,29)30/h1,3-9,16-17H,2,10-15H2,(H,25,28). The summed E-state index contributed by atoms with van der Waals surface area (Å²) in [7, 11) is -3.28. The Morgan fingerprint density at radius 3 is 2.66 bits per heavy atom. The van der Waals surface area contributed by atoms with E-state index in [0.717, 1.165) is 67.0 Å². The van der Waals surface area contributed by atoms with Crippen LogP contribution in [0.1, 0.15) is 12.0 Å². The van der Waals surface area contributed by atoms with E-state index in [4.69, 9.17) is 4.74 Å². The number of nitrogens with one attached hydrogen (secondary N) is 1. The first-order valence-corrected chi connectivity index (χ1v) is 12.3. The van der Waals surface area contributed by atoms with Crippen molar-refractivity contribution in [2.24, 2.45) is 0 Å². The Labute approximate surface area is 186 Å². The van der Waals surface area contributed by atoms with Crippen LogP contribution < -0.4 is 15.2 Å². The Balaban J connectivity index is 1.11. The van der Waals surface area contributed by atoms with Crippen molar-refractivity contribution in [3.8, 4) is 5.75 Å². The second kappa shape index (κ2) is 8.44. The number of nitrogens with zero attached hydrogens (tertiary/aromatic N) is 2. The number of rotatable bonds is 6. The molecule has 3 aromatic rings. The topological polar surface area (TPSA) is 82.7 Å². The number of hydrogen-bond acceptors (Lipinski definition) is 6. The molecular weight excluding hydrogens is 426 g/mol. The zero-order chi connectivity index (χ0) is 22.1. The molecule has 0 spiro atoms. The van der Waals surface area contributed by atoms with Crippen LogP contribution in [0.2, 0.25) is 0 Å². The number of hydrogen-bond donors (Lipinski definition) is 1. The largest absolute Gasteiger partial charge is 0.493 e. The van der Waals surface area contributed by atoms with Gasteiger partial charge in [-0.1, -0.05) is 6.07 Å². The summed E-state index contributed by atoms with van der Waals surface area (Å²) in [6.07, 6.45) is 2.62. The first kappa shape index (κ1) is 20.8. The van der Waals surface area contributed by atoms with E-state index in [2.05, 4.69) is 14.8 Å². The fraction of sp³-hybridized carbons (Fsp3) is 0.292. The third-order valence-corrected chi connectivity index (χ3v) is 7.52. The molecule has 8 heteroatoms. The highest BCUT2D eigenvalue weighted by molar-refractivity contribution is 7.94. The summed E-state index contributed by atoms with van der Waals surface area (Å²) in [6.45, 7) is 5.14. The number of sulfone groups is 1. The third kappa shape index (κ3) is 4.16. The van der Waals surface area contributed by atoms with Gasteiger partial charge in [0.25, 0.3) is 0 Å². The predicted molar refractivity (Wildman–Crippen MR) is 126 cm³/mol. The van der Waals surface area contributed by atoms with Gasteiger partial charge in [0, 0.05) is 61.5 Å². The zero-order valence-electron chi connectivity index (χ0n) is 17.7. The maximum Gasteiger partial charge on any atom is 0.248 e. The summed E-state index contributed by atoms with van der Waals surface area (Å²) in [5.74, 6) is 0.755. The summed E-state index contributed by atoms with van der Waals surface area (Å²) >= 11 is 0. The molecule has 0 amide bonds. The van der Waals surface area contributed by atoms with E-state index in [1.165, 1.54) is 11.5 Å². The van der Waals surface area contributed by atoms with Crippen molar-refractivity contribution >= 4 is 32.5 Å². The predicted octanol–water partition coefficient (Wildman–Crippen LogP) is 2.88. The number of piperazine rings is 1. The lowest BCUT2D eigenvalue weighted by Crippen LogP contribution is -2.47. The van der Waals surface area contributed by atoms with E-state index in [-0.39, 0.29) is 5.56 Å². The number of pyridine rings is 1. The van der Waals surface area contributed by atoms with Gasteiger partial charge in [-0.15, -0.1) is 0 Å². The molecule has 32 heavy (non-hydrogen) atoms. The van der Waals surface area contributed by atoms with Crippen LogP contribution in [0.25, 0.3) is 17.0 Å². The van der Waals surface area contributed by atoms with Crippen LogP contribution in [0.4, 0.5) is 5.69 Å². The Hall–Kier alpha value is -3.10. The van der Waals surface area contributed by atoms with Crippen molar-refractivity contribution in [2.75, 3.05) is 44.2 Å². The lowest BCUT2D eigenvalue weighted by Gasteiger charge is -2.36. The van der Waals surface area contributed by atoms with Crippen molar-refractivity contribution in [3.63, 3.8) is 0 Å². The van der Waals surface area contributed by atoms with E-state index < -0.39 is 9.84 Å². The second-order valence-corrected chi connectivity index (χ2v) is 9.94. The van der Waals surface area contributed by atoms with Crippen molar-refractivity contribution in [3.05, 3.63) is 69.9 Å². The van der Waals surface area contributed by atoms with Gasteiger partial charge in [0.15, 0.2) is 0 Å². The fourth-order valence-corrected chi connectivity index (χ4v) is 5.57. The highest BCUT2D eigenvalue weighted by Crippen LogP contribution is 2.34. The third-order valence-electron chi connectivity index (χ3n) is 6.06. The maximum atomic E-state index is 12.1. The van der Waals surface area contributed by atoms with Crippen LogP contribution in [-0.2, 0) is 9.84 Å². The minimum Gasteiger partial charge on any atom is -0.493 e. The molecule has 1 saturated heterocycles. The Kier molecular flexibility index (Phi) is 5.48. The lowest BCUT2D eigenvalue weighted by atomic mass is 10.1. The summed E-state index contributed by atoms with van der Waals surface area (Å²) in [6, 6.07) is 14.6. The first-order chi connectivity index (χ1) is 15.5. The smallest absolute Gasteiger partial charge is 0.248 e. The van der Waals surface area contributed by atoms with E-state index in [0.29, 0.717) is 11.5 Å². The number of aromatic amines is 1. The Morgan fingerprint density at radius 2 is 1.81 bits per heavy atom. The molecule has 7 nitrogen and oxygen atoms in total. The van der Waals surface area contributed by atoms with Crippen molar-refractivity contribution < 1.29 is 13.2 Å². The van der Waals surface area contributed by atoms with Gasteiger partial charge in [-0.25, -0.2) is 8.42 Å². The van der Waals surface area contributed by atoms with Crippen LogP contribution in [0.15, 0.2) is 63.6 Å². The molecule has 0 bridgehead atoms. The van der Waals surface area contributed by atoms with Gasteiger partial charge in [-0.3, -0.25) is 9.69 Å². The molecule has 2 aliphatic rings. The monoisotopic (exact) mass is 451 g/mol. The van der Waals surface area contributed by atoms with Crippen LogP contribution in [0.3, 0.4) is 0 Å².